The highest BCUT2D eigenvalue weighted by atomic mass is 16.5. The zero-order chi connectivity index (χ0) is 13.9. The first kappa shape index (κ1) is 13.6. The molecule has 1 saturated heterocycles. The minimum atomic E-state index is -0.000811. The van der Waals surface area contributed by atoms with Gasteiger partial charge in [-0.25, -0.2) is 4.98 Å². The molecule has 0 amide bonds. The van der Waals surface area contributed by atoms with Crippen LogP contribution in [0.1, 0.15) is 25.1 Å². The van der Waals surface area contributed by atoms with Crippen LogP contribution in [0, 0.1) is 11.8 Å². The third-order valence-corrected chi connectivity index (χ3v) is 4.51. The Morgan fingerprint density at radius 2 is 2.40 bits per heavy atom. The monoisotopic (exact) mass is 277 g/mol. The Kier molecular flexibility index (Phi) is 4.05. The number of cyclic esters (lactones) is 1. The van der Waals surface area contributed by atoms with Crippen LogP contribution in [-0.4, -0.2) is 47.2 Å². The van der Waals surface area contributed by atoms with E-state index in [2.05, 4.69) is 27.7 Å². The summed E-state index contributed by atoms with van der Waals surface area (Å²) in [4.78, 5) is 18.2. The number of aryl methyl sites for hydroxylation is 1. The molecule has 0 N–H and O–H groups in total. The average molecular weight is 277 g/mol. The third-order valence-electron chi connectivity index (χ3n) is 4.51. The lowest BCUT2D eigenvalue weighted by Gasteiger charge is -2.28. The number of imidazole rings is 1. The van der Waals surface area contributed by atoms with Gasteiger partial charge in [-0.2, -0.15) is 0 Å². The number of nitrogens with zero attached hydrogens (tertiary/aromatic N) is 3. The number of ether oxygens (including phenoxy) is 1. The van der Waals surface area contributed by atoms with Crippen LogP contribution in [0.3, 0.4) is 0 Å². The summed E-state index contributed by atoms with van der Waals surface area (Å²) >= 11 is 0. The van der Waals surface area contributed by atoms with Crippen LogP contribution in [0.15, 0.2) is 12.4 Å². The summed E-state index contributed by atoms with van der Waals surface area (Å²) in [5.74, 6) is 2.04. The Balaban J connectivity index is 1.43. The van der Waals surface area contributed by atoms with Crippen LogP contribution >= 0.6 is 0 Å². The molecular formula is C15H23N3O2. The zero-order valence-electron chi connectivity index (χ0n) is 12.1. The number of hydrogen-bond acceptors (Lipinski definition) is 4. The lowest BCUT2D eigenvalue weighted by molar-refractivity contribution is -0.141. The fourth-order valence-corrected chi connectivity index (χ4v) is 3.29. The van der Waals surface area contributed by atoms with E-state index in [-0.39, 0.29) is 11.9 Å². The molecule has 0 spiro atoms. The Labute approximate surface area is 119 Å². The fraction of sp³-hybridized carbons (Fsp3) is 0.733. The van der Waals surface area contributed by atoms with E-state index in [0.717, 1.165) is 38.9 Å². The second-order valence-electron chi connectivity index (χ2n) is 6.10. The highest BCUT2D eigenvalue weighted by Gasteiger charge is 2.27. The van der Waals surface area contributed by atoms with Crippen molar-refractivity contribution in [3.63, 3.8) is 0 Å². The van der Waals surface area contributed by atoms with E-state index in [1.807, 2.05) is 6.20 Å². The first-order valence-corrected chi connectivity index (χ1v) is 7.57. The lowest BCUT2D eigenvalue weighted by Crippen LogP contribution is -2.33. The van der Waals surface area contributed by atoms with Gasteiger partial charge in [0.2, 0.25) is 0 Å². The van der Waals surface area contributed by atoms with E-state index in [1.165, 1.54) is 12.2 Å². The number of aromatic nitrogens is 2. The summed E-state index contributed by atoms with van der Waals surface area (Å²) in [5.41, 5.74) is 0. The van der Waals surface area contributed by atoms with Gasteiger partial charge in [0.15, 0.2) is 0 Å². The SMILES string of the molecule is CN(CC[C@H]1CCOC1=O)C[C@@H]1CCc2nccn2C1. The van der Waals surface area contributed by atoms with Crippen molar-refractivity contribution < 1.29 is 9.53 Å². The minimum absolute atomic E-state index is 0.000811. The molecule has 0 radical (unpaired) electrons. The molecule has 20 heavy (non-hydrogen) atoms. The summed E-state index contributed by atoms with van der Waals surface area (Å²) in [7, 11) is 2.16. The maximum atomic E-state index is 11.4. The van der Waals surface area contributed by atoms with Crippen LogP contribution < -0.4 is 0 Å². The Morgan fingerprint density at radius 3 is 3.20 bits per heavy atom. The number of fused-ring (bicyclic) bond motifs is 1. The molecule has 0 unspecified atom stereocenters. The Bertz CT molecular complexity index is 471. The van der Waals surface area contributed by atoms with Crippen LogP contribution in [0.4, 0.5) is 0 Å². The number of esters is 1. The summed E-state index contributed by atoms with van der Waals surface area (Å²) in [6.07, 6.45) is 8.10. The number of carbonyl (C=O) groups is 1. The van der Waals surface area contributed by atoms with Crippen molar-refractivity contribution in [1.29, 1.82) is 0 Å². The second-order valence-corrected chi connectivity index (χ2v) is 6.10. The van der Waals surface area contributed by atoms with Gasteiger partial charge in [0, 0.05) is 31.9 Å². The van der Waals surface area contributed by atoms with Crippen LogP contribution in [0.2, 0.25) is 0 Å². The van der Waals surface area contributed by atoms with Crippen molar-refractivity contribution in [2.75, 3.05) is 26.7 Å². The van der Waals surface area contributed by atoms with Gasteiger partial charge in [-0.3, -0.25) is 4.79 Å². The van der Waals surface area contributed by atoms with Gasteiger partial charge in [-0.15, -0.1) is 0 Å². The van der Waals surface area contributed by atoms with Gasteiger partial charge in [-0.1, -0.05) is 0 Å². The molecule has 0 saturated carbocycles. The van der Waals surface area contributed by atoms with E-state index in [4.69, 9.17) is 4.74 Å². The Morgan fingerprint density at radius 1 is 1.50 bits per heavy atom. The molecule has 3 heterocycles. The van der Waals surface area contributed by atoms with Gasteiger partial charge in [0.1, 0.15) is 5.82 Å². The van der Waals surface area contributed by atoms with Crippen LogP contribution in [0.5, 0.6) is 0 Å². The fourth-order valence-electron chi connectivity index (χ4n) is 3.29. The summed E-state index contributed by atoms with van der Waals surface area (Å²) in [6.45, 7) is 3.76. The Hall–Kier alpha value is -1.36. The van der Waals surface area contributed by atoms with Gasteiger partial charge in [0.25, 0.3) is 0 Å². The standard InChI is InChI=1S/C15H23N3O2/c1-17(7-4-13-5-9-20-15(13)19)10-12-2-3-14-16-6-8-18(14)11-12/h6,8,12-13H,2-5,7,9-11H2,1H3/t12-,13-/m0/s1. The predicted octanol–water partition coefficient (Wildman–Crippen LogP) is 1.33. The third kappa shape index (κ3) is 3.03. The molecule has 2 aliphatic rings. The molecular weight excluding hydrogens is 254 g/mol. The summed E-state index contributed by atoms with van der Waals surface area (Å²) in [5, 5.41) is 0. The van der Waals surface area contributed by atoms with E-state index >= 15 is 0 Å². The topological polar surface area (TPSA) is 47.4 Å². The number of hydrogen-bond donors (Lipinski definition) is 0. The van der Waals surface area contributed by atoms with Gasteiger partial charge < -0.3 is 14.2 Å². The number of rotatable bonds is 5. The van der Waals surface area contributed by atoms with Gasteiger partial charge in [0.05, 0.1) is 12.5 Å². The molecule has 1 aromatic rings. The van der Waals surface area contributed by atoms with Gasteiger partial charge >= 0.3 is 5.97 Å². The molecule has 1 aromatic heterocycles. The normalized spacial score (nSPS) is 25.8. The first-order valence-electron chi connectivity index (χ1n) is 7.57. The van der Waals surface area contributed by atoms with Crippen molar-refractivity contribution in [1.82, 2.24) is 14.5 Å². The highest BCUT2D eigenvalue weighted by Crippen LogP contribution is 2.21. The van der Waals surface area contributed by atoms with Crippen molar-refractivity contribution in [3.8, 4) is 0 Å². The molecule has 5 nitrogen and oxygen atoms in total. The zero-order valence-corrected chi connectivity index (χ0v) is 12.1. The molecule has 2 atom stereocenters. The lowest BCUT2D eigenvalue weighted by atomic mass is 9.98. The molecule has 2 aliphatic heterocycles. The van der Waals surface area contributed by atoms with Crippen molar-refractivity contribution in [2.45, 2.75) is 32.2 Å². The quantitative estimate of drug-likeness (QED) is 0.762. The molecule has 110 valence electrons. The maximum absolute atomic E-state index is 11.4. The molecule has 0 aromatic carbocycles. The first-order chi connectivity index (χ1) is 9.72. The van der Waals surface area contributed by atoms with E-state index in [0.29, 0.717) is 12.5 Å². The second kappa shape index (κ2) is 5.95. The maximum Gasteiger partial charge on any atom is 0.309 e. The molecule has 1 fully saturated rings. The molecule has 3 rings (SSSR count). The molecule has 0 aliphatic carbocycles. The van der Waals surface area contributed by atoms with E-state index < -0.39 is 0 Å². The smallest absolute Gasteiger partial charge is 0.309 e. The molecule has 5 heteroatoms. The summed E-state index contributed by atoms with van der Waals surface area (Å²) < 4.78 is 7.28. The van der Waals surface area contributed by atoms with Crippen molar-refractivity contribution >= 4 is 5.97 Å². The van der Waals surface area contributed by atoms with Crippen LogP contribution in [0.25, 0.3) is 0 Å². The predicted molar refractivity (Wildman–Crippen MR) is 75.2 cm³/mol. The largest absolute Gasteiger partial charge is 0.465 e. The van der Waals surface area contributed by atoms with Crippen molar-refractivity contribution in [2.24, 2.45) is 11.8 Å². The molecule has 0 bridgehead atoms. The van der Waals surface area contributed by atoms with Crippen molar-refractivity contribution in [3.05, 3.63) is 18.2 Å². The van der Waals surface area contributed by atoms with E-state index in [1.54, 1.807) is 0 Å². The minimum Gasteiger partial charge on any atom is -0.465 e. The van der Waals surface area contributed by atoms with Crippen LogP contribution in [-0.2, 0) is 22.5 Å². The number of carbonyl (C=O) groups excluding carboxylic acids is 1. The summed E-state index contributed by atoms with van der Waals surface area (Å²) in [6, 6.07) is 0. The average Bonchev–Trinajstić information content (AvgIpc) is 3.04. The van der Waals surface area contributed by atoms with Gasteiger partial charge in [-0.05, 0) is 38.8 Å². The van der Waals surface area contributed by atoms with E-state index in [9.17, 15) is 4.79 Å². The highest BCUT2D eigenvalue weighted by molar-refractivity contribution is 5.74.